The Kier molecular flexibility index (Phi) is 4.44. The number of carbonyl (C=O) groups excluding carboxylic acids is 1. The van der Waals surface area contributed by atoms with Gasteiger partial charge >= 0.3 is 0 Å². The van der Waals surface area contributed by atoms with Crippen LogP contribution in [0.3, 0.4) is 0 Å². The lowest BCUT2D eigenvalue weighted by Gasteiger charge is -2.29. The van der Waals surface area contributed by atoms with Crippen molar-refractivity contribution in [2.24, 2.45) is 0 Å². The van der Waals surface area contributed by atoms with E-state index in [9.17, 15) is 14.4 Å². The van der Waals surface area contributed by atoms with Crippen LogP contribution >= 0.6 is 11.3 Å². The molecule has 2 saturated carbocycles. The number of aromatic nitrogens is 1. The van der Waals surface area contributed by atoms with Crippen LogP contribution in [0.1, 0.15) is 65.6 Å². The molecule has 2 atom stereocenters. The molecule has 0 spiro atoms. The van der Waals surface area contributed by atoms with Crippen LogP contribution in [-0.2, 0) is 10.2 Å². The third-order valence-corrected chi connectivity index (χ3v) is 7.86. The Hall–Kier alpha value is -2.31. The lowest BCUT2D eigenvalue weighted by atomic mass is 9.75. The van der Waals surface area contributed by atoms with Gasteiger partial charge in [-0.15, -0.1) is 11.3 Å². The Morgan fingerprint density at radius 1 is 1.24 bits per heavy atom. The van der Waals surface area contributed by atoms with Crippen molar-refractivity contribution < 1.29 is 14.4 Å². The van der Waals surface area contributed by atoms with E-state index in [4.69, 9.17) is 4.98 Å². The van der Waals surface area contributed by atoms with Crippen molar-refractivity contribution >= 4 is 27.5 Å². The van der Waals surface area contributed by atoms with Gasteiger partial charge in [0, 0.05) is 5.92 Å². The summed E-state index contributed by atoms with van der Waals surface area (Å²) in [5, 5.41) is 10.7. The average Bonchev–Trinajstić information content (AvgIpc) is 3.34. The Morgan fingerprint density at radius 3 is 2.83 bits per heavy atom. The predicted molar refractivity (Wildman–Crippen MR) is 111 cm³/mol. The van der Waals surface area contributed by atoms with Crippen LogP contribution in [0.5, 0.6) is 0 Å². The molecule has 0 saturated heterocycles. The normalized spacial score (nSPS) is 24.2. The van der Waals surface area contributed by atoms with Gasteiger partial charge in [0.25, 0.3) is 5.91 Å². The molecular weight excluding hydrogens is 387 g/mol. The van der Waals surface area contributed by atoms with Crippen LogP contribution in [0.2, 0.25) is 0 Å². The van der Waals surface area contributed by atoms with E-state index in [0.717, 1.165) is 17.5 Å². The third kappa shape index (κ3) is 3.06. The highest BCUT2D eigenvalue weighted by atomic mass is 32.1. The number of nitrogens with zero attached hydrogens (tertiary/aromatic N) is 1. The third-order valence-electron chi connectivity index (χ3n) is 6.66. The monoisotopic (exact) mass is 410 g/mol. The van der Waals surface area contributed by atoms with Gasteiger partial charge in [0.1, 0.15) is 5.82 Å². The molecule has 2 N–H and O–H groups in total. The zero-order valence-corrected chi connectivity index (χ0v) is 17.1. The fraction of sp³-hybridized carbons (Fsp3) is 0.391. The van der Waals surface area contributed by atoms with E-state index in [1.165, 1.54) is 28.6 Å². The van der Waals surface area contributed by atoms with E-state index in [0.29, 0.717) is 29.9 Å². The number of halogens is 1. The highest BCUT2D eigenvalue weighted by Crippen LogP contribution is 2.50. The second-order valence-electron chi connectivity index (χ2n) is 8.43. The molecule has 1 amide bonds. The molecule has 1 heterocycles. The van der Waals surface area contributed by atoms with E-state index >= 15 is 0 Å². The lowest BCUT2D eigenvalue weighted by Crippen LogP contribution is -2.42. The quantitative estimate of drug-likeness (QED) is 0.451. The van der Waals surface area contributed by atoms with Crippen molar-refractivity contribution in [1.82, 2.24) is 10.5 Å². The molecule has 1 aromatic heterocycles. The molecule has 29 heavy (non-hydrogen) atoms. The largest absolute Gasteiger partial charge is 0.289 e. The number of thiazole rings is 1. The molecule has 2 fully saturated rings. The number of hydroxylamine groups is 1. The van der Waals surface area contributed by atoms with Crippen LogP contribution in [0.25, 0.3) is 10.2 Å². The molecule has 4 nitrogen and oxygen atoms in total. The molecule has 0 aliphatic heterocycles. The molecule has 2 aliphatic rings. The second-order valence-corrected chi connectivity index (χ2v) is 9.49. The van der Waals surface area contributed by atoms with Gasteiger partial charge in [0.2, 0.25) is 0 Å². The molecule has 2 aliphatic carbocycles. The molecule has 1 unspecified atom stereocenters. The fourth-order valence-electron chi connectivity index (χ4n) is 4.86. The number of benzene rings is 2. The highest BCUT2D eigenvalue weighted by molar-refractivity contribution is 7.18. The molecule has 0 bridgehead atoms. The number of rotatable bonds is 4. The van der Waals surface area contributed by atoms with Crippen LogP contribution in [0.15, 0.2) is 36.4 Å². The van der Waals surface area contributed by atoms with E-state index in [1.807, 2.05) is 11.5 Å². The first-order chi connectivity index (χ1) is 14.0. The van der Waals surface area contributed by atoms with Crippen molar-refractivity contribution in [2.45, 2.75) is 56.3 Å². The maximum absolute atomic E-state index is 14.2. The van der Waals surface area contributed by atoms with Crippen molar-refractivity contribution in [3.05, 3.63) is 63.9 Å². The van der Waals surface area contributed by atoms with Gasteiger partial charge < -0.3 is 0 Å². The lowest BCUT2D eigenvalue weighted by molar-refractivity contribution is -0.135. The Labute approximate surface area is 172 Å². The minimum atomic E-state index is -0.929. The first-order valence-corrected chi connectivity index (χ1v) is 10.9. The average molecular weight is 411 g/mol. The SMILES string of the molecule is Cc1c(F)cccc1[C@]1(C(=O)NO)CCC(c2ccc3sc(C4CC4)nc3c2)C1. The van der Waals surface area contributed by atoms with Crippen molar-refractivity contribution in [3.63, 3.8) is 0 Å². The predicted octanol–water partition coefficient (Wildman–Crippen LogP) is 5.33. The first-order valence-electron chi connectivity index (χ1n) is 10.1. The van der Waals surface area contributed by atoms with Crippen LogP contribution in [0.4, 0.5) is 4.39 Å². The molecular formula is C23H23FN2O2S. The Balaban J connectivity index is 1.51. The molecule has 3 aromatic rings. The van der Waals surface area contributed by atoms with Gasteiger partial charge in [-0.1, -0.05) is 18.2 Å². The number of hydrogen-bond acceptors (Lipinski definition) is 4. The maximum Gasteiger partial charge on any atom is 0.254 e. The fourth-order valence-corrected chi connectivity index (χ4v) is 5.97. The summed E-state index contributed by atoms with van der Waals surface area (Å²) in [5.74, 6) is 0.0108. The highest BCUT2D eigenvalue weighted by Gasteiger charge is 2.48. The van der Waals surface area contributed by atoms with Gasteiger partial charge in [0.05, 0.1) is 20.6 Å². The number of carbonyl (C=O) groups is 1. The summed E-state index contributed by atoms with van der Waals surface area (Å²) in [6, 6.07) is 11.3. The van der Waals surface area contributed by atoms with Gasteiger partial charge in [-0.3, -0.25) is 10.0 Å². The number of fused-ring (bicyclic) bond motifs is 1. The van der Waals surface area contributed by atoms with E-state index in [-0.39, 0.29) is 11.7 Å². The van der Waals surface area contributed by atoms with Crippen molar-refractivity contribution in [3.8, 4) is 0 Å². The standard InChI is InChI=1S/C23H23FN2O2S/c1-13-17(3-2-4-18(13)24)23(22(27)26-28)10-9-16(12-23)15-7-8-20-19(11-15)25-21(29-20)14-5-6-14/h2-4,7-8,11,14,16,28H,5-6,9-10,12H2,1H3,(H,26,27)/t16?,23-/m0/s1. The number of hydrogen-bond donors (Lipinski definition) is 2. The van der Waals surface area contributed by atoms with Crippen molar-refractivity contribution in [2.75, 3.05) is 0 Å². The van der Waals surface area contributed by atoms with Crippen molar-refractivity contribution in [1.29, 1.82) is 0 Å². The molecule has 5 rings (SSSR count). The molecule has 150 valence electrons. The molecule has 2 aromatic carbocycles. The summed E-state index contributed by atoms with van der Waals surface area (Å²) in [6.45, 7) is 1.70. The smallest absolute Gasteiger partial charge is 0.254 e. The summed E-state index contributed by atoms with van der Waals surface area (Å²) >= 11 is 1.78. The summed E-state index contributed by atoms with van der Waals surface area (Å²) in [6.07, 6.45) is 4.38. The van der Waals surface area contributed by atoms with Gasteiger partial charge in [-0.2, -0.15) is 0 Å². The van der Waals surface area contributed by atoms with Gasteiger partial charge in [-0.25, -0.2) is 14.9 Å². The summed E-state index contributed by atoms with van der Waals surface area (Å²) in [4.78, 5) is 17.6. The maximum atomic E-state index is 14.2. The zero-order valence-electron chi connectivity index (χ0n) is 16.2. The van der Waals surface area contributed by atoms with Crippen LogP contribution in [0, 0.1) is 12.7 Å². The van der Waals surface area contributed by atoms with E-state index in [1.54, 1.807) is 24.3 Å². The minimum Gasteiger partial charge on any atom is -0.289 e. The van der Waals surface area contributed by atoms with Crippen LogP contribution in [-0.4, -0.2) is 16.1 Å². The molecule has 0 radical (unpaired) electrons. The van der Waals surface area contributed by atoms with E-state index < -0.39 is 11.3 Å². The van der Waals surface area contributed by atoms with Gasteiger partial charge in [-0.05, 0) is 79.8 Å². The minimum absolute atomic E-state index is 0.158. The van der Waals surface area contributed by atoms with Gasteiger partial charge in [0.15, 0.2) is 0 Å². The molecule has 6 heteroatoms. The summed E-state index contributed by atoms with van der Waals surface area (Å²) in [7, 11) is 0. The second kappa shape index (κ2) is 6.89. The Morgan fingerprint density at radius 2 is 2.07 bits per heavy atom. The summed E-state index contributed by atoms with van der Waals surface area (Å²) in [5.41, 5.74) is 4.24. The van der Waals surface area contributed by atoms with E-state index in [2.05, 4.69) is 18.2 Å². The topological polar surface area (TPSA) is 62.2 Å². The zero-order chi connectivity index (χ0) is 20.2. The Bertz CT molecular complexity index is 1110. The first kappa shape index (κ1) is 18.7. The summed E-state index contributed by atoms with van der Waals surface area (Å²) < 4.78 is 15.4. The number of amides is 1. The van der Waals surface area contributed by atoms with Crippen LogP contribution < -0.4 is 5.48 Å². The number of nitrogens with one attached hydrogen (secondary N) is 1.